The molecule has 24 heavy (non-hydrogen) atoms. The van der Waals surface area contributed by atoms with Crippen LogP contribution in [-0.4, -0.2) is 24.8 Å². The number of fused-ring (bicyclic) bond motifs is 1. The van der Waals surface area contributed by atoms with Crippen molar-refractivity contribution in [2.24, 2.45) is 0 Å². The summed E-state index contributed by atoms with van der Waals surface area (Å²) in [4.78, 5) is 4.71. The molecule has 5 nitrogen and oxygen atoms in total. The molecular formula is C18H22N2O3S. The highest BCUT2D eigenvalue weighted by atomic mass is 32.1. The second-order valence-corrected chi connectivity index (χ2v) is 7.07. The Bertz CT molecular complexity index is 697. The number of aromatic nitrogens is 1. The van der Waals surface area contributed by atoms with E-state index in [9.17, 15) is 0 Å². The molecule has 0 bridgehead atoms. The standard InChI is InChI=1S/C18H22N2O3S/c1-12(13-4-5-15-17(9-13)23-8-7-22-15)19-10-14-11-24-18(20-14)16-3-2-6-21-16/h4-5,9,11-12,16,19H,2-3,6-8,10H2,1H3. The number of nitrogens with zero attached hydrogens (tertiary/aromatic N) is 1. The Morgan fingerprint density at radius 3 is 2.96 bits per heavy atom. The van der Waals surface area contributed by atoms with Gasteiger partial charge in [-0.1, -0.05) is 6.07 Å². The van der Waals surface area contributed by atoms with Crippen molar-refractivity contribution < 1.29 is 14.2 Å². The molecule has 0 spiro atoms. The van der Waals surface area contributed by atoms with Crippen LogP contribution in [0.15, 0.2) is 23.6 Å². The molecule has 128 valence electrons. The maximum absolute atomic E-state index is 5.70. The molecule has 2 atom stereocenters. The Morgan fingerprint density at radius 1 is 1.25 bits per heavy atom. The van der Waals surface area contributed by atoms with Gasteiger partial charge in [-0.25, -0.2) is 4.98 Å². The van der Waals surface area contributed by atoms with Gasteiger partial charge in [0.15, 0.2) is 11.5 Å². The van der Waals surface area contributed by atoms with Gasteiger partial charge in [0, 0.05) is 24.6 Å². The Morgan fingerprint density at radius 2 is 2.12 bits per heavy atom. The fourth-order valence-corrected chi connectivity index (χ4v) is 3.93. The third-order valence-corrected chi connectivity index (χ3v) is 5.42. The highest BCUT2D eigenvalue weighted by Gasteiger charge is 2.21. The van der Waals surface area contributed by atoms with Crippen molar-refractivity contribution in [1.29, 1.82) is 0 Å². The number of hydrogen-bond acceptors (Lipinski definition) is 6. The van der Waals surface area contributed by atoms with E-state index in [-0.39, 0.29) is 12.1 Å². The summed E-state index contributed by atoms with van der Waals surface area (Å²) in [6.07, 6.45) is 2.44. The maximum atomic E-state index is 5.70. The first-order valence-corrected chi connectivity index (χ1v) is 9.36. The molecular weight excluding hydrogens is 324 g/mol. The zero-order chi connectivity index (χ0) is 16.4. The van der Waals surface area contributed by atoms with Crippen LogP contribution >= 0.6 is 11.3 Å². The largest absolute Gasteiger partial charge is 0.486 e. The molecule has 0 aliphatic carbocycles. The van der Waals surface area contributed by atoms with Crippen LogP contribution in [0.4, 0.5) is 0 Å². The van der Waals surface area contributed by atoms with Crippen LogP contribution in [0.25, 0.3) is 0 Å². The van der Waals surface area contributed by atoms with E-state index in [0.717, 1.165) is 48.2 Å². The molecule has 1 aromatic heterocycles. The van der Waals surface area contributed by atoms with E-state index in [1.54, 1.807) is 11.3 Å². The molecule has 1 saturated heterocycles. The van der Waals surface area contributed by atoms with Gasteiger partial charge in [0.1, 0.15) is 24.3 Å². The summed E-state index contributed by atoms with van der Waals surface area (Å²) in [5, 5.41) is 6.77. The summed E-state index contributed by atoms with van der Waals surface area (Å²) in [7, 11) is 0. The van der Waals surface area contributed by atoms with Crippen LogP contribution in [-0.2, 0) is 11.3 Å². The lowest BCUT2D eigenvalue weighted by Crippen LogP contribution is -2.19. The Kier molecular flexibility index (Phi) is 4.69. The number of ether oxygens (including phenoxy) is 3. The van der Waals surface area contributed by atoms with Crippen LogP contribution < -0.4 is 14.8 Å². The molecule has 4 rings (SSSR count). The van der Waals surface area contributed by atoms with Crippen molar-refractivity contribution >= 4 is 11.3 Å². The van der Waals surface area contributed by atoms with Gasteiger partial charge in [-0.05, 0) is 37.5 Å². The van der Waals surface area contributed by atoms with E-state index in [0.29, 0.717) is 13.2 Å². The molecule has 0 saturated carbocycles. The molecule has 6 heteroatoms. The van der Waals surface area contributed by atoms with E-state index in [4.69, 9.17) is 19.2 Å². The van der Waals surface area contributed by atoms with E-state index >= 15 is 0 Å². The molecule has 2 aliphatic rings. The lowest BCUT2D eigenvalue weighted by Gasteiger charge is -2.21. The van der Waals surface area contributed by atoms with Crippen molar-refractivity contribution in [1.82, 2.24) is 10.3 Å². The number of thiazole rings is 1. The number of nitrogens with one attached hydrogen (secondary N) is 1. The monoisotopic (exact) mass is 346 g/mol. The molecule has 1 fully saturated rings. The molecule has 0 amide bonds. The minimum atomic E-state index is 0.207. The van der Waals surface area contributed by atoms with Gasteiger partial charge < -0.3 is 19.5 Å². The fraction of sp³-hybridized carbons (Fsp3) is 0.500. The predicted molar refractivity (Wildman–Crippen MR) is 92.7 cm³/mol. The average molecular weight is 346 g/mol. The molecule has 3 heterocycles. The molecule has 2 aromatic rings. The summed E-state index contributed by atoms with van der Waals surface area (Å²) >= 11 is 1.70. The summed E-state index contributed by atoms with van der Waals surface area (Å²) in [6, 6.07) is 6.35. The quantitative estimate of drug-likeness (QED) is 0.896. The Labute approximate surface area is 146 Å². The van der Waals surface area contributed by atoms with Crippen molar-refractivity contribution in [2.45, 2.75) is 38.5 Å². The van der Waals surface area contributed by atoms with Gasteiger partial charge in [-0.15, -0.1) is 11.3 Å². The van der Waals surface area contributed by atoms with Gasteiger partial charge in [-0.2, -0.15) is 0 Å². The number of hydrogen-bond donors (Lipinski definition) is 1. The van der Waals surface area contributed by atoms with Gasteiger partial charge in [0.05, 0.1) is 5.69 Å². The second kappa shape index (κ2) is 7.09. The lowest BCUT2D eigenvalue weighted by atomic mass is 10.1. The predicted octanol–water partition coefficient (Wildman–Crippen LogP) is 3.62. The highest BCUT2D eigenvalue weighted by Crippen LogP contribution is 2.33. The zero-order valence-electron chi connectivity index (χ0n) is 13.8. The Balaban J connectivity index is 1.37. The molecule has 0 radical (unpaired) electrons. The minimum absolute atomic E-state index is 0.207. The van der Waals surface area contributed by atoms with E-state index in [2.05, 4.69) is 29.8 Å². The third kappa shape index (κ3) is 3.41. The molecule has 2 unspecified atom stereocenters. The van der Waals surface area contributed by atoms with Crippen LogP contribution in [0.1, 0.15) is 48.2 Å². The SMILES string of the molecule is CC(NCc1csc(C2CCCO2)n1)c1ccc2c(c1)OCCO2. The van der Waals surface area contributed by atoms with E-state index in [1.807, 2.05) is 6.07 Å². The summed E-state index contributed by atoms with van der Waals surface area (Å²) in [5.74, 6) is 1.67. The van der Waals surface area contributed by atoms with E-state index < -0.39 is 0 Å². The smallest absolute Gasteiger partial charge is 0.161 e. The van der Waals surface area contributed by atoms with Crippen LogP contribution in [0, 0.1) is 0 Å². The van der Waals surface area contributed by atoms with Crippen molar-refractivity contribution in [3.63, 3.8) is 0 Å². The van der Waals surface area contributed by atoms with Crippen LogP contribution in [0.5, 0.6) is 11.5 Å². The maximum Gasteiger partial charge on any atom is 0.161 e. The van der Waals surface area contributed by atoms with E-state index in [1.165, 1.54) is 5.56 Å². The first-order chi connectivity index (χ1) is 11.8. The molecule has 1 N–H and O–H groups in total. The van der Waals surface area contributed by atoms with Gasteiger partial charge >= 0.3 is 0 Å². The topological polar surface area (TPSA) is 52.6 Å². The van der Waals surface area contributed by atoms with Crippen molar-refractivity contribution in [3.8, 4) is 11.5 Å². The lowest BCUT2D eigenvalue weighted by molar-refractivity contribution is 0.111. The number of rotatable bonds is 5. The Hall–Kier alpha value is -1.63. The van der Waals surface area contributed by atoms with Gasteiger partial charge in [0.2, 0.25) is 0 Å². The number of benzene rings is 1. The first-order valence-electron chi connectivity index (χ1n) is 8.48. The summed E-state index contributed by atoms with van der Waals surface area (Å²) in [6.45, 7) is 5.00. The van der Waals surface area contributed by atoms with Gasteiger partial charge in [-0.3, -0.25) is 0 Å². The van der Waals surface area contributed by atoms with Crippen molar-refractivity contribution in [3.05, 3.63) is 39.8 Å². The zero-order valence-corrected chi connectivity index (χ0v) is 14.6. The average Bonchev–Trinajstić information content (AvgIpc) is 3.30. The third-order valence-electron chi connectivity index (χ3n) is 4.43. The van der Waals surface area contributed by atoms with Crippen LogP contribution in [0.3, 0.4) is 0 Å². The fourth-order valence-electron chi connectivity index (χ4n) is 3.03. The van der Waals surface area contributed by atoms with Crippen molar-refractivity contribution in [2.75, 3.05) is 19.8 Å². The first kappa shape index (κ1) is 15.9. The summed E-state index contributed by atoms with van der Waals surface area (Å²) < 4.78 is 16.9. The second-order valence-electron chi connectivity index (χ2n) is 6.18. The van der Waals surface area contributed by atoms with Gasteiger partial charge in [0.25, 0.3) is 0 Å². The minimum Gasteiger partial charge on any atom is -0.486 e. The summed E-state index contributed by atoms with van der Waals surface area (Å²) in [5.41, 5.74) is 2.27. The molecule has 1 aromatic carbocycles. The molecule has 2 aliphatic heterocycles. The van der Waals surface area contributed by atoms with Crippen LogP contribution in [0.2, 0.25) is 0 Å². The highest BCUT2D eigenvalue weighted by molar-refractivity contribution is 7.09. The normalized spacial score (nSPS) is 21.0.